The lowest BCUT2D eigenvalue weighted by Gasteiger charge is -2.26. The molecule has 0 atom stereocenters. The second-order valence-corrected chi connectivity index (χ2v) is 5.26. The van der Waals surface area contributed by atoms with E-state index in [0.29, 0.717) is 5.92 Å². The fraction of sp³-hybridized carbons (Fsp3) is 0.438. The molecule has 0 aromatic heterocycles. The highest BCUT2D eigenvalue weighted by molar-refractivity contribution is 6.04. The summed E-state index contributed by atoms with van der Waals surface area (Å²) < 4.78 is 13.9. The van der Waals surface area contributed by atoms with E-state index in [4.69, 9.17) is 0 Å². The van der Waals surface area contributed by atoms with E-state index in [1.165, 1.54) is 18.9 Å². The Hall–Kier alpha value is -1.44. The zero-order chi connectivity index (χ0) is 13.1. The van der Waals surface area contributed by atoms with Crippen molar-refractivity contribution in [2.45, 2.75) is 38.5 Å². The van der Waals surface area contributed by atoms with Crippen molar-refractivity contribution in [3.63, 3.8) is 0 Å². The smallest absolute Gasteiger partial charge is 0.188 e. The molecule has 0 radical (unpaired) electrons. The van der Waals surface area contributed by atoms with Crippen LogP contribution in [0.15, 0.2) is 30.9 Å². The monoisotopic (exact) mass is 246 g/mol. The summed E-state index contributed by atoms with van der Waals surface area (Å²) in [7, 11) is 0. The lowest BCUT2D eigenvalue weighted by atomic mass is 9.79. The Morgan fingerprint density at radius 3 is 2.56 bits per heavy atom. The van der Waals surface area contributed by atoms with Crippen LogP contribution in [0.1, 0.15) is 54.4 Å². The van der Waals surface area contributed by atoms with Crippen LogP contribution in [0.25, 0.3) is 0 Å². The number of halogens is 1. The van der Waals surface area contributed by atoms with Gasteiger partial charge in [0.05, 0.1) is 5.56 Å². The Bertz CT molecular complexity index is 456. The first-order valence-electron chi connectivity index (χ1n) is 6.58. The van der Waals surface area contributed by atoms with Crippen LogP contribution in [0.2, 0.25) is 0 Å². The first kappa shape index (κ1) is 13.0. The molecule has 2 rings (SSSR count). The molecule has 1 aromatic rings. The van der Waals surface area contributed by atoms with Crippen LogP contribution in [0, 0.1) is 11.7 Å². The van der Waals surface area contributed by atoms with Gasteiger partial charge in [-0.1, -0.05) is 32.4 Å². The third-order valence-electron chi connectivity index (χ3n) is 3.93. The SMILES string of the molecule is C=CC(=O)c1ccc([C@H]2CC[C@H](C)CC2)cc1F. The van der Waals surface area contributed by atoms with Gasteiger partial charge in [-0.3, -0.25) is 4.79 Å². The third kappa shape index (κ3) is 2.69. The summed E-state index contributed by atoms with van der Waals surface area (Å²) in [4.78, 5) is 11.4. The molecule has 1 fully saturated rings. The van der Waals surface area contributed by atoms with Crippen molar-refractivity contribution in [3.8, 4) is 0 Å². The normalized spacial score (nSPS) is 23.7. The van der Waals surface area contributed by atoms with Crippen molar-refractivity contribution in [3.05, 3.63) is 47.8 Å². The highest BCUT2D eigenvalue weighted by atomic mass is 19.1. The van der Waals surface area contributed by atoms with Crippen LogP contribution in [-0.4, -0.2) is 5.78 Å². The van der Waals surface area contributed by atoms with Gasteiger partial charge in [0, 0.05) is 0 Å². The van der Waals surface area contributed by atoms with Crippen LogP contribution in [-0.2, 0) is 0 Å². The van der Waals surface area contributed by atoms with E-state index in [1.54, 1.807) is 6.07 Å². The maximum Gasteiger partial charge on any atom is 0.188 e. The zero-order valence-corrected chi connectivity index (χ0v) is 10.8. The van der Waals surface area contributed by atoms with Crippen molar-refractivity contribution in [1.29, 1.82) is 0 Å². The maximum atomic E-state index is 13.9. The Morgan fingerprint density at radius 1 is 1.33 bits per heavy atom. The molecule has 0 amide bonds. The predicted octanol–water partition coefficient (Wildman–Crippen LogP) is 4.49. The lowest BCUT2D eigenvalue weighted by Crippen LogP contribution is -2.11. The molecule has 18 heavy (non-hydrogen) atoms. The van der Waals surface area contributed by atoms with Gasteiger partial charge in [-0.05, 0) is 48.4 Å². The summed E-state index contributed by atoms with van der Waals surface area (Å²) in [6.45, 7) is 5.65. The highest BCUT2D eigenvalue weighted by Crippen LogP contribution is 2.35. The van der Waals surface area contributed by atoms with E-state index in [1.807, 2.05) is 6.07 Å². The Balaban J connectivity index is 2.18. The van der Waals surface area contributed by atoms with Crippen molar-refractivity contribution in [1.82, 2.24) is 0 Å². The lowest BCUT2D eigenvalue weighted by molar-refractivity contribution is 0.104. The molecular weight excluding hydrogens is 227 g/mol. The van der Waals surface area contributed by atoms with Gasteiger partial charge in [-0.2, -0.15) is 0 Å². The number of hydrogen-bond donors (Lipinski definition) is 0. The average Bonchev–Trinajstić information content (AvgIpc) is 2.38. The molecule has 0 saturated heterocycles. The molecule has 0 spiro atoms. The molecule has 2 heteroatoms. The highest BCUT2D eigenvalue weighted by Gasteiger charge is 2.21. The predicted molar refractivity (Wildman–Crippen MR) is 71.3 cm³/mol. The minimum absolute atomic E-state index is 0.123. The van der Waals surface area contributed by atoms with Gasteiger partial charge in [-0.15, -0.1) is 0 Å². The Morgan fingerprint density at radius 2 is 2.00 bits per heavy atom. The Labute approximate surface area is 108 Å². The second-order valence-electron chi connectivity index (χ2n) is 5.26. The first-order valence-corrected chi connectivity index (χ1v) is 6.58. The molecule has 1 aliphatic rings. The van der Waals surface area contributed by atoms with Gasteiger partial charge >= 0.3 is 0 Å². The molecule has 1 aliphatic carbocycles. The summed E-state index contributed by atoms with van der Waals surface area (Å²) in [6.07, 6.45) is 5.81. The van der Waals surface area contributed by atoms with E-state index >= 15 is 0 Å². The summed E-state index contributed by atoms with van der Waals surface area (Å²) in [5.74, 6) is 0.462. The fourth-order valence-electron chi connectivity index (χ4n) is 2.69. The number of rotatable bonds is 3. The third-order valence-corrected chi connectivity index (χ3v) is 3.93. The number of carbonyl (C=O) groups is 1. The van der Waals surface area contributed by atoms with Crippen molar-refractivity contribution in [2.75, 3.05) is 0 Å². The molecule has 0 heterocycles. The van der Waals surface area contributed by atoms with E-state index in [-0.39, 0.29) is 11.3 Å². The molecular formula is C16H19FO. The van der Waals surface area contributed by atoms with Gasteiger partial charge in [0.25, 0.3) is 0 Å². The molecule has 1 saturated carbocycles. The first-order chi connectivity index (χ1) is 8.61. The molecule has 0 N–H and O–H groups in total. The topological polar surface area (TPSA) is 17.1 Å². The van der Waals surface area contributed by atoms with E-state index in [9.17, 15) is 9.18 Å². The summed E-state index contributed by atoms with van der Waals surface area (Å²) in [6, 6.07) is 5.00. The van der Waals surface area contributed by atoms with Crippen molar-refractivity contribution >= 4 is 5.78 Å². The van der Waals surface area contributed by atoms with Crippen LogP contribution in [0.4, 0.5) is 4.39 Å². The van der Waals surface area contributed by atoms with Crippen LogP contribution in [0.5, 0.6) is 0 Å². The standard InChI is InChI=1S/C16H19FO/c1-3-16(18)14-9-8-13(10-15(14)17)12-6-4-11(2)5-7-12/h3,8-12H,1,4-7H2,2H3/t11-,12-. The van der Waals surface area contributed by atoms with Crippen LogP contribution in [0.3, 0.4) is 0 Å². The number of hydrogen-bond acceptors (Lipinski definition) is 1. The minimum atomic E-state index is -0.420. The number of ketones is 1. The van der Waals surface area contributed by atoms with E-state index in [2.05, 4.69) is 13.5 Å². The van der Waals surface area contributed by atoms with Gasteiger partial charge in [0.2, 0.25) is 0 Å². The van der Waals surface area contributed by atoms with Crippen molar-refractivity contribution < 1.29 is 9.18 Å². The van der Waals surface area contributed by atoms with Gasteiger partial charge < -0.3 is 0 Å². The molecule has 1 aromatic carbocycles. The molecule has 1 nitrogen and oxygen atoms in total. The number of allylic oxidation sites excluding steroid dienone is 1. The minimum Gasteiger partial charge on any atom is -0.289 e. The fourth-order valence-corrected chi connectivity index (χ4v) is 2.69. The summed E-state index contributed by atoms with van der Waals surface area (Å²) in [5, 5.41) is 0. The van der Waals surface area contributed by atoms with E-state index < -0.39 is 5.82 Å². The van der Waals surface area contributed by atoms with Gasteiger partial charge in [0.15, 0.2) is 5.78 Å². The van der Waals surface area contributed by atoms with Gasteiger partial charge in [-0.25, -0.2) is 4.39 Å². The summed E-state index contributed by atoms with van der Waals surface area (Å²) >= 11 is 0. The van der Waals surface area contributed by atoms with Crippen molar-refractivity contribution in [2.24, 2.45) is 5.92 Å². The molecule has 0 bridgehead atoms. The van der Waals surface area contributed by atoms with Crippen LogP contribution >= 0.6 is 0 Å². The average molecular weight is 246 g/mol. The van der Waals surface area contributed by atoms with Crippen LogP contribution < -0.4 is 0 Å². The molecule has 96 valence electrons. The largest absolute Gasteiger partial charge is 0.289 e. The molecule has 0 aliphatic heterocycles. The zero-order valence-electron chi connectivity index (χ0n) is 10.8. The van der Waals surface area contributed by atoms with E-state index in [0.717, 1.165) is 30.4 Å². The molecule has 0 unspecified atom stereocenters. The second kappa shape index (κ2) is 5.47. The number of benzene rings is 1. The number of carbonyl (C=O) groups excluding carboxylic acids is 1. The van der Waals surface area contributed by atoms with Gasteiger partial charge in [0.1, 0.15) is 5.82 Å². The quantitative estimate of drug-likeness (QED) is 0.567. The maximum absolute atomic E-state index is 13.9. The summed E-state index contributed by atoms with van der Waals surface area (Å²) in [5.41, 5.74) is 1.15. The Kier molecular flexibility index (Phi) is 3.95.